The van der Waals surface area contributed by atoms with E-state index in [1.165, 1.54) is 16.4 Å². The van der Waals surface area contributed by atoms with Gasteiger partial charge in [0, 0.05) is 11.5 Å². The van der Waals surface area contributed by atoms with Gasteiger partial charge < -0.3 is 0 Å². The number of hydrogen-bond acceptors (Lipinski definition) is 1. The lowest BCUT2D eigenvalue weighted by Gasteiger charge is -2.00. The van der Waals surface area contributed by atoms with Crippen LogP contribution in [0.1, 0.15) is 5.56 Å². The predicted octanol–water partition coefficient (Wildman–Crippen LogP) is 3.09. The van der Waals surface area contributed by atoms with E-state index in [9.17, 15) is 0 Å². The van der Waals surface area contributed by atoms with Gasteiger partial charge in [0.1, 0.15) is 0 Å². The van der Waals surface area contributed by atoms with E-state index in [-0.39, 0.29) is 0 Å². The van der Waals surface area contributed by atoms with Gasteiger partial charge >= 0.3 is 0 Å². The van der Waals surface area contributed by atoms with Gasteiger partial charge in [0.2, 0.25) is 0 Å². The Bertz CT molecular complexity index is 365. The summed E-state index contributed by atoms with van der Waals surface area (Å²) in [4.78, 5) is 0. The predicted molar refractivity (Wildman–Crippen MR) is 53.9 cm³/mol. The van der Waals surface area contributed by atoms with Gasteiger partial charge in [-0.05, 0) is 32.5 Å². The zero-order valence-electron chi connectivity index (χ0n) is 6.91. The molecule has 1 nitrogen and oxygen atoms in total. The fourth-order valence-electron chi connectivity index (χ4n) is 1.28. The average molecular weight is 175 g/mol. The first-order valence-corrected chi connectivity index (χ1v) is 4.88. The van der Waals surface area contributed by atoms with Crippen LogP contribution in [-0.2, 0) is 0 Å². The maximum atomic E-state index is 4.19. The van der Waals surface area contributed by atoms with Gasteiger partial charge in [-0.15, -0.1) is 0 Å². The molecule has 0 bridgehead atoms. The van der Waals surface area contributed by atoms with Crippen molar-refractivity contribution < 1.29 is 0 Å². The molecule has 0 spiro atoms. The van der Waals surface area contributed by atoms with E-state index in [1.807, 2.05) is 6.20 Å². The minimum Gasteiger partial charge on any atom is -0.248 e. The van der Waals surface area contributed by atoms with Gasteiger partial charge in [-0.2, -0.15) is 0 Å². The number of aryl methyl sites for hydroxylation is 1. The average Bonchev–Trinajstić information content (AvgIpc) is 2.57. The Morgan fingerprint density at radius 1 is 1.17 bits per heavy atom. The van der Waals surface area contributed by atoms with Gasteiger partial charge in [0.05, 0.1) is 0 Å². The number of aromatic nitrogens is 1. The molecule has 2 heteroatoms. The monoisotopic (exact) mass is 175 g/mol. The summed E-state index contributed by atoms with van der Waals surface area (Å²) in [5, 5.41) is 1.35. The van der Waals surface area contributed by atoms with Crippen LogP contribution in [0.3, 0.4) is 0 Å². The molecule has 1 heterocycles. The Balaban J connectivity index is 2.55. The van der Waals surface area contributed by atoms with Crippen LogP contribution in [0.4, 0.5) is 0 Å². The topological polar surface area (TPSA) is 12.9 Å². The minimum absolute atomic E-state index is 0.604. The van der Waals surface area contributed by atoms with Crippen molar-refractivity contribution >= 4 is 8.35 Å². The molecule has 0 saturated heterocycles. The van der Waals surface area contributed by atoms with E-state index in [2.05, 4.69) is 42.0 Å². The molecule has 0 fully saturated rings. The zero-order chi connectivity index (χ0) is 8.39. The van der Waals surface area contributed by atoms with E-state index in [0.29, 0.717) is 8.35 Å². The number of benzene rings is 1. The van der Waals surface area contributed by atoms with Crippen molar-refractivity contribution in [2.75, 3.05) is 0 Å². The Morgan fingerprint density at radius 3 is 2.67 bits per heavy atom. The van der Waals surface area contributed by atoms with E-state index in [1.54, 1.807) is 0 Å². The van der Waals surface area contributed by atoms with Crippen LogP contribution in [0.15, 0.2) is 36.5 Å². The second-order valence-corrected chi connectivity index (χ2v) is 3.81. The maximum absolute atomic E-state index is 4.19. The fraction of sp³-hybridized carbons (Fsp3) is 0.100. The SMILES string of the molecule is Cc1ccccc1-c1ccn[pH]1. The summed E-state index contributed by atoms with van der Waals surface area (Å²) in [7, 11) is 0.604. The van der Waals surface area contributed by atoms with E-state index < -0.39 is 0 Å². The van der Waals surface area contributed by atoms with Crippen molar-refractivity contribution in [2.24, 2.45) is 0 Å². The third kappa shape index (κ3) is 1.28. The summed E-state index contributed by atoms with van der Waals surface area (Å²) in [6.45, 7) is 2.14. The molecule has 0 amide bonds. The molecule has 2 aromatic rings. The molecule has 0 radical (unpaired) electrons. The van der Waals surface area contributed by atoms with Gasteiger partial charge in [-0.25, -0.2) is 4.75 Å². The lowest BCUT2D eigenvalue weighted by molar-refractivity contribution is 1.48. The highest BCUT2D eigenvalue weighted by atomic mass is 31.0. The number of nitrogens with zero attached hydrogens (tertiary/aromatic N) is 1. The van der Waals surface area contributed by atoms with Crippen LogP contribution in [0, 0.1) is 6.92 Å². The van der Waals surface area contributed by atoms with Crippen LogP contribution in [0.5, 0.6) is 0 Å². The highest BCUT2D eigenvalue weighted by molar-refractivity contribution is 7.29. The first-order chi connectivity index (χ1) is 5.88. The third-order valence-corrected chi connectivity index (χ3v) is 2.89. The summed E-state index contributed by atoms with van der Waals surface area (Å²) in [5.74, 6) is 0. The molecule has 0 N–H and O–H groups in total. The van der Waals surface area contributed by atoms with Crippen molar-refractivity contribution in [1.29, 1.82) is 0 Å². The zero-order valence-corrected chi connectivity index (χ0v) is 7.91. The van der Waals surface area contributed by atoms with Gasteiger partial charge in [-0.3, -0.25) is 0 Å². The summed E-state index contributed by atoms with van der Waals surface area (Å²) in [6, 6.07) is 10.5. The summed E-state index contributed by atoms with van der Waals surface area (Å²) in [5.41, 5.74) is 2.68. The second-order valence-electron chi connectivity index (χ2n) is 2.79. The Labute approximate surface area is 73.6 Å². The van der Waals surface area contributed by atoms with Crippen molar-refractivity contribution in [1.82, 2.24) is 4.75 Å². The molecule has 1 atom stereocenters. The highest BCUT2D eigenvalue weighted by Crippen LogP contribution is 2.28. The molecule has 1 aromatic carbocycles. The Kier molecular flexibility index (Phi) is 1.97. The molecule has 0 aliphatic heterocycles. The highest BCUT2D eigenvalue weighted by Gasteiger charge is 1.99. The van der Waals surface area contributed by atoms with Crippen LogP contribution in [0.25, 0.3) is 10.9 Å². The molecular weight excluding hydrogens is 165 g/mol. The molecule has 1 aromatic heterocycles. The quantitative estimate of drug-likeness (QED) is 0.649. The molecule has 0 aliphatic carbocycles. The molecule has 0 aliphatic rings. The second kappa shape index (κ2) is 3.12. The van der Waals surface area contributed by atoms with Gasteiger partial charge in [0.15, 0.2) is 0 Å². The molecule has 1 unspecified atom stereocenters. The largest absolute Gasteiger partial charge is 0.248 e. The van der Waals surface area contributed by atoms with E-state index >= 15 is 0 Å². The van der Waals surface area contributed by atoms with Crippen molar-refractivity contribution in [3.63, 3.8) is 0 Å². The van der Waals surface area contributed by atoms with E-state index in [0.717, 1.165) is 0 Å². The summed E-state index contributed by atoms with van der Waals surface area (Å²) in [6.07, 6.45) is 1.89. The smallest absolute Gasteiger partial charge is 0.0316 e. The Morgan fingerprint density at radius 2 is 2.00 bits per heavy atom. The first-order valence-electron chi connectivity index (χ1n) is 3.93. The van der Waals surface area contributed by atoms with Crippen molar-refractivity contribution in [3.05, 3.63) is 42.1 Å². The molecule has 2 rings (SSSR count). The van der Waals surface area contributed by atoms with Gasteiger partial charge in [-0.1, -0.05) is 24.3 Å². The molecule has 60 valence electrons. The maximum Gasteiger partial charge on any atom is 0.0316 e. The van der Waals surface area contributed by atoms with Crippen LogP contribution in [0.2, 0.25) is 0 Å². The molecule has 12 heavy (non-hydrogen) atoms. The lowest BCUT2D eigenvalue weighted by atomic mass is 10.1. The fourth-order valence-corrected chi connectivity index (χ4v) is 2.12. The third-order valence-electron chi connectivity index (χ3n) is 1.94. The van der Waals surface area contributed by atoms with Crippen LogP contribution >= 0.6 is 8.35 Å². The molecule has 0 saturated carbocycles. The normalized spacial score (nSPS) is 10.8. The van der Waals surface area contributed by atoms with Crippen molar-refractivity contribution in [2.45, 2.75) is 6.92 Å². The van der Waals surface area contributed by atoms with Crippen LogP contribution < -0.4 is 0 Å². The number of hydrogen-bond donors (Lipinski definition) is 0. The summed E-state index contributed by atoms with van der Waals surface area (Å²) >= 11 is 0. The first kappa shape index (κ1) is 7.57. The minimum atomic E-state index is 0.604. The van der Waals surface area contributed by atoms with Crippen molar-refractivity contribution in [3.8, 4) is 10.9 Å². The standard InChI is InChI=1S/C10H10NP/c1-8-4-2-3-5-9(8)10-6-7-11-12-10/h2-7,12H,1H3. The number of rotatable bonds is 1. The van der Waals surface area contributed by atoms with Crippen LogP contribution in [-0.4, -0.2) is 4.75 Å². The van der Waals surface area contributed by atoms with Gasteiger partial charge in [0.25, 0.3) is 0 Å². The lowest BCUT2D eigenvalue weighted by Crippen LogP contribution is -1.76. The Hall–Kier alpha value is -1.07. The molecular formula is C10H10NP. The van der Waals surface area contributed by atoms with E-state index in [4.69, 9.17) is 0 Å². The summed E-state index contributed by atoms with van der Waals surface area (Å²) < 4.78 is 4.19.